The van der Waals surface area contributed by atoms with Crippen LogP contribution in [-0.4, -0.2) is 10.8 Å². The average Bonchev–Trinajstić information content (AvgIpc) is 2.97. The van der Waals surface area contributed by atoms with Gasteiger partial charge in [-0.1, -0.05) is 30.7 Å². The molecule has 2 aromatic rings. The molecule has 0 aliphatic heterocycles. The van der Waals surface area contributed by atoms with Gasteiger partial charge < -0.3 is 5.32 Å². The number of benzene rings is 1. The lowest BCUT2D eigenvalue weighted by molar-refractivity contribution is -0.385. The Morgan fingerprint density at radius 3 is 2.76 bits per heavy atom. The molecule has 1 aromatic carbocycles. The van der Waals surface area contributed by atoms with E-state index in [2.05, 4.69) is 5.32 Å². The zero-order chi connectivity index (χ0) is 15.4. The molecule has 0 spiro atoms. The number of nitrogens with one attached hydrogen (secondary N) is 1. The Morgan fingerprint density at radius 1 is 1.43 bits per heavy atom. The molecule has 0 saturated carbocycles. The third kappa shape index (κ3) is 3.40. The third-order valence-corrected chi connectivity index (χ3v) is 4.31. The highest BCUT2D eigenvalue weighted by molar-refractivity contribution is 7.10. The molecule has 21 heavy (non-hydrogen) atoms. The van der Waals surface area contributed by atoms with Gasteiger partial charge in [-0.15, -0.1) is 11.3 Å². The van der Waals surface area contributed by atoms with Crippen LogP contribution in [0.5, 0.6) is 0 Å². The van der Waals surface area contributed by atoms with E-state index in [-0.39, 0.29) is 22.3 Å². The van der Waals surface area contributed by atoms with E-state index in [9.17, 15) is 14.9 Å². The minimum Gasteiger partial charge on any atom is -0.344 e. The van der Waals surface area contributed by atoms with Crippen molar-refractivity contribution < 1.29 is 9.72 Å². The smallest absolute Gasteiger partial charge is 0.300 e. The number of nitro benzene ring substituents is 1. The number of carbonyl (C=O) groups is 1. The maximum absolute atomic E-state index is 12.3. The fraction of sp³-hybridized carbons (Fsp3) is 0.214. The maximum Gasteiger partial charge on any atom is 0.300 e. The molecule has 1 heterocycles. The highest BCUT2D eigenvalue weighted by atomic mass is 35.5. The van der Waals surface area contributed by atoms with Crippen molar-refractivity contribution in [3.05, 3.63) is 61.3 Å². The molecule has 1 N–H and O–H groups in total. The molecule has 2 rings (SSSR count). The van der Waals surface area contributed by atoms with E-state index < -0.39 is 10.8 Å². The molecule has 1 atom stereocenters. The number of rotatable bonds is 5. The molecule has 1 unspecified atom stereocenters. The Balaban J connectivity index is 2.29. The fourth-order valence-electron chi connectivity index (χ4n) is 1.98. The van der Waals surface area contributed by atoms with Crippen molar-refractivity contribution in [2.24, 2.45) is 0 Å². The highest BCUT2D eigenvalue weighted by Crippen LogP contribution is 2.29. The van der Waals surface area contributed by atoms with Gasteiger partial charge in [0.05, 0.1) is 11.0 Å². The van der Waals surface area contributed by atoms with Crippen LogP contribution in [0.2, 0.25) is 5.02 Å². The lowest BCUT2D eigenvalue weighted by Gasteiger charge is -2.15. The van der Waals surface area contributed by atoms with Crippen LogP contribution in [0.4, 0.5) is 5.69 Å². The van der Waals surface area contributed by atoms with Crippen molar-refractivity contribution in [3.63, 3.8) is 0 Å². The molecule has 5 nitrogen and oxygen atoms in total. The van der Waals surface area contributed by atoms with Crippen LogP contribution in [0.25, 0.3) is 0 Å². The first-order chi connectivity index (χ1) is 10.0. The van der Waals surface area contributed by atoms with Crippen LogP contribution in [0, 0.1) is 10.1 Å². The molecular weight excluding hydrogens is 312 g/mol. The highest BCUT2D eigenvalue weighted by Gasteiger charge is 2.25. The van der Waals surface area contributed by atoms with Gasteiger partial charge in [-0.05, 0) is 30.0 Å². The first-order valence-corrected chi connectivity index (χ1v) is 7.57. The van der Waals surface area contributed by atoms with Gasteiger partial charge in [0.15, 0.2) is 0 Å². The molecule has 0 aliphatic rings. The minimum atomic E-state index is -0.636. The van der Waals surface area contributed by atoms with Crippen LogP contribution >= 0.6 is 22.9 Å². The second-order valence-corrected chi connectivity index (χ2v) is 5.73. The van der Waals surface area contributed by atoms with Crippen molar-refractivity contribution in [2.75, 3.05) is 0 Å². The van der Waals surface area contributed by atoms with E-state index in [1.54, 1.807) is 0 Å². The standard InChI is InChI=1S/C14H13ClN2O3S/c1-2-11(12-7-4-8-21-12)16-14(18)9-5-3-6-10(15)13(9)17(19)20/h3-8,11H,2H2,1H3,(H,16,18). The summed E-state index contributed by atoms with van der Waals surface area (Å²) >= 11 is 7.35. The van der Waals surface area contributed by atoms with Gasteiger partial charge in [0.2, 0.25) is 0 Å². The second kappa shape index (κ2) is 6.69. The molecular formula is C14H13ClN2O3S. The minimum absolute atomic E-state index is 0.0255. The summed E-state index contributed by atoms with van der Waals surface area (Å²) in [5.74, 6) is -0.496. The van der Waals surface area contributed by atoms with Gasteiger partial charge in [0.1, 0.15) is 10.6 Å². The van der Waals surface area contributed by atoms with E-state index in [0.717, 1.165) is 4.88 Å². The number of halogens is 1. The van der Waals surface area contributed by atoms with Gasteiger partial charge in [-0.25, -0.2) is 0 Å². The first-order valence-electron chi connectivity index (χ1n) is 6.31. The van der Waals surface area contributed by atoms with Gasteiger partial charge in [-0.3, -0.25) is 14.9 Å². The molecule has 0 bridgehead atoms. The normalized spacial score (nSPS) is 11.9. The largest absolute Gasteiger partial charge is 0.344 e. The van der Waals surface area contributed by atoms with Gasteiger partial charge >= 0.3 is 5.69 Å². The Morgan fingerprint density at radius 2 is 2.19 bits per heavy atom. The predicted molar refractivity (Wildman–Crippen MR) is 82.9 cm³/mol. The fourth-order valence-corrected chi connectivity index (χ4v) is 3.09. The number of amides is 1. The molecule has 110 valence electrons. The topological polar surface area (TPSA) is 72.2 Å². The van der Waals surface area contributed by atoms with Gasteiger partial charge in [-0.2, -0.15) is 0 Å². The lowest BCUT2D eigenvalue weighted by atomic mass is 10.1. The van der Waals surface area contributed by atoms with E-state index in [4.69, 9.17) is 11.6 Å². The molecule has 0 radical (unpaired) electrons. The number of para-hydroxylation sites is 1. The van der Waals surface area contributed by atoms with E-state index in [1.165, 1.54) is 29.5 Å². The van der Waals surface area contributed by atoms with Crippen molar-refractivity contribution in [2.45, 2.75) is 19.4 Å². The average molecular weight is 325 g/mol. The lowest BCUT2D eigenvalue weighted by Crippen LogP contribution is -2.28. The predicted octanol–water partition coefficient (Wildman–Crippen LogP) is 4.19. The zero-order valence-corrected chi connectivity index (χ0v) is 12.8. The van der Waals surface area contributed by atoms with E-state index in [1.807, 2.05) is 24.4 Å². The van der Waals surface area contributed by atoms with Crippen LogP contribution < -0.4 is 5.32 Å². The number of hydrogen-bond acceptors (Lipinski definition) is 4. The summed E-state index contributed by atoms with van der Waals surface area (Å²) in [5, 5.41) is 15.8. The molecule has 1 aromatic heterocycles. The molecule has 7 heteroatoms. The number of thiophene rings is 1. The van der Waals surface area contributed by atoms with E-state index in [0.29, 0.717) is 6.42 Å². The van der Waals surface area contributed by atoms with Crippen LogP contribution in [0.1, 0.15) is 34.6 Å². The molecule has 0 saturated heterocycles. The Hall–Kier alpha value is -1.92. The first kappa shape index (κ1) is 15.5. The number of carbonyl (C=O) groups excluding carboxylic acids is 1. The number of hydrogen-bond donors (Lipinski definition) is 1. The summed E-state index contributed by atoms with van der Waals surface area (Å²) in [6.45, 7) is 1.94. The zero-order valence-electron chi connectivity index (χ0n) is 11.2. The number of nitrogens with zero attached hydrogens (tertiary/aromatic N) is 1. The summed E-state index contributed by atoms with van der Waals surface area (Å²) in [5.41, 5.74) is -0.389. The Bertz CT molecular complexity index is 658. The number of nitro groups is 1. The molecule has 0 aliphatic carbocycles. The quantitative estimate of drug-likeness (QED) is 0.662. The van der Waals surface area contributed by atoms with Crippen molar-refractivity contribution in [1.82, 2.24) is 5.32 Å². The van der Waals surface area contributed by atoms with Crippen molar-refractivity contribution in [3.8, 4) is 0 Å². The monoisotopic (exact) mass is 324 g/mol. The van der Waals surface area contributed by atoms with E-state index >= 15 is 0 Å². The van der Waals surface area contributed by atoms with Crippen LogP contribution in [-0.2, 0) is 0 Å². The molecule has 0 fully saturated rings. The summed E-state index contributed by atoms with van der Waals surface area (Å²) in [6.07, 6.45) is 0.695. The maximum atomic E-state index is 12.3. The second-order valence-electron chi connectivity index (χ2n) is 4.34. The Kier molecular flexibility index (Phi) is 4.93. The van der Waals surface area contributed by atoms with Crippen LogP contribution in [0.3, 0.4) is 0 Å². The SMILES string of the molecule is CCC(NC(=O)c1cccc(Cl)c1[N+](=O)[O-])c1cccs1. The summed E-state index contributed by atoms with van der Waals surface area (Å²) < 4.78 is 0. The van der Waals surface area contributed by atoms with Gasteiger partial charge in [0, 0.05) is 4.88 Å². The summed E-state index contributed by atoms with van der Waals surface area (Å²) in [7, 11) is 0. The van der Waals surface area contributed by atoms with Crippen molar-refractivity contribution in [1.29, 1.82) is 0 Å². The third-order valence-electron chi connectivity index (χ3n) is 3.01. The van der Waals surface area contributed by atoms with Crippen molar-refractivity contribution >= 4 is 34.5 Å². The Labute approximate surface area is 130 Å². The van der Waals surface area contributed by atoms with Gasteiger partial charge in [0.25, 0.3) is 5.91 Å². The van der Waals surface area contributed by atoms with Crippen LogP contribution in [0.15, 0.2) is 35.7 Å². The summed E-state index contributed by atoms with van der Waals surface area (Å²) in [4.78, 5) is 23.8. The molecule has 1 amide bonds. The summed E-state index contributed by atoms with van der Waals surface area (Å²) in [6, 6.07) is 7.97.